The summed E-state index contributed by atoms with van der Waals surface area (Å²) in [5, 5.41) is 2.72. The van der Waals surface area contributed by atoms with Crippen molar-refractivity contribution < 1.29 is 14.3 Å². The molecule has 2 aromatic carbocycles. The molecule has 1 atom stereocenters. The molecule has 0 saturated carbocycles. The molecule has 2 heterocycles. The monoisotopic (exact) mass is 373 g/mol. The minimum Gasteiger partial charge on any atom is -0.465 e. The number of hydrogen-bond acceptors (Lipinski definition) is 4. The number of amides is 2. The standard InChI is InChI=1S/C22H19N3O3/c1-22(20(26)24-17-10-7-13-23-14-17)21(27)25(15-16-8-3-2-4-9-16)18-11-5-6-12-19(18)28-22/h2-14H,15H2,1H3,(H,24,26). The van der Waals surface area contributed by atoms with Crippen molar-refractivity contribution in [3.63, 3.8) is 0 Å². The lowest BCUT2D eigenvalue weighted by Gasteiger charge is -2.39. The van der Waals surface area contributed by atoms with Gasteiger partial charge in [0.1, 0.15) is 5.75 Å². The largest absolute Gasteiger partial charge is 0.465 e. The lowest BCUT2D eigenvalue weighted by Crippen LogP contribution is -2.60. The molecule has 0 saturated heterocycles. The molecule has 1 aliphatic heterocycles. The molecule has 1 aliphatic rings. The molecular weight excluding hydrogens is 354 g/mol. The maximum Gasteiger partial charge on any atom is 0.281 e. The Bertz CT molecular complexity index is 1010. The van der Waals surface area contributed by atoms with Crippen LogP contribution in [0, 0.1) is 0 Å². The first-order valence-corrected chi connectivity index (χ1v) is 8.93. The summed E-state index contributed by atoms with van der Waals surface area (Å²) in [6, 6.07) is 20.3. The van der Waals surface area contributed by atoms with Crippen LogP contribution < -0.4 is 15.0 Å². The maximum atomic E-state index is 13.4. The van der Waals surface area contributed by atoms with E-state index in [1.54, 1.807) is 29.3 Å². The van der Waals surface area contributed by atoms with E-state index in [2.05, 4.69) is 10.3 Å². The van der Waals surface area contributed by atoms with Crippen molar-refractivity contribution in [1.29, 1.82) is 0 Å². The van der Waals surface area contributed by atoms with Gasteiger partial charge in [0.25, 0.3) is 17.4 Å². The number of benzene rings is 2. The molecule has 0 aliphatic carbocycles. The molecule has 2 amide bonds. The van der Waals surface area contributed by atoms with Crippen LogP contribution in [0.4, 0.5) is 11.4 Å². The highest BCUT2D eigenvalue weighted by molar-refractivity contribution is 6.19. The third-order valence-electron chi connectivity index (χ3n) is 4.66. The summed E-state index contributed by atoms with van der Waals surface area (Å²) in [6.07, 6.45) is 3.13. The van der Waals surface area contributed by atoms with E-state index in [1.807, 2.05) is 48.5 Å². The molecule has 0 fully saturated rings. The second-order valence-corrected chi connectivity index (χ2v) is 6.68. The van der Waals surface area contributed by atoms with Gasteiger partial charge in [-0.2, -0.15) is 0 Å². The Morgan fingerprint density at radius 2 is 1.82 bits per heavy atom. The zero-order valence-corrected chi connectivity index (χ0v) is 15.3. The number of nitrogens with one attached hydrogen (secondary N) is 1. The van der Waals surface area contributed by atoms with Crippen LogP contribution >= 0.6 is 0 Å². The van der Waals surface area contributed by atoms with E-state index in [1.165, 1.54) is 13.1 Å². The number of fused-ring (bicyclic) bond motifs is 1. The van der Waals surface area contributed by atoms with E-state index in [4.69, 9.17) is 4.74 Å². The average molecular weight is 373 g/mol. The predicted octanol–water partition coefficient (Wildman–Crippen LogP) is 3.40. The van der Waals surface area contributed by atoms with Crippen LogP contribution in [0.3, 0.4) is 0 Å². The van der Waals surface area contributed by atoms with Gasteiger partial charge < -0.3 is 15.0 Å². The second-order valence-electron chi connectivity index (χ2n) is 6.68. The summed E-state index contributed by atoms with van der Waals surface area (Å²) in [5.74, 6) is -0.476. The number of aromatic nitrogens is 1. The number of carbonyl (C=O) groups is 2. The molecule has 1 aromatic heterocycles. The van der Waals surface area contributed by atoms with Crippen LogP contribution in [0.2, 0.25) is 0 Å². The van der Waals surface area contributed by atoms with Gasteiger partial charge in [-0.1, -0.05) is 42.5 Å². The lowest BCUT2D eigenvalue weighted by molar-refractivity contribution is -0.145. The van der Waals surface area contributed by atoms with Crippen LogP contribution in [0.5, 0.6) is 5.75 Å². The van der Waals surface area contributed by atoms with Crippen molar-refractivity contribution in [2.45, 2.75) is 19.1 Å². The van der Waals surface area contributed by atoms with E-state index in [9.17, 15) is 9.59 Å². The Kier molecular flexibility index (Phi) is 4.53. The normalized spacial score (nSPS) is 18.2. The molecule has 6 nitrogen and oxygen atoms in total. The average Bonchev–Trinajstić information content (AvgIpc) is 2.73. The second kappa shape index (κ2) is 7.15. The van der Waals surface area contributed by atoms with Gasteiger partial charge in [-0.25, -0.2) is 0 Å². The first-order chi connectivity index (χ1) is 13.6. The van der Waals surface area contributed by atoms with Gasteiger partial charge in [-0.3, -0.25) is 14.6 Å². The molecule has 3 aromatic rings. The van der Waals surface area contributed by atoms with E-state index in [-0.39, 0.29) is 0 Å². The summed E-state index contributed by atoms with van der Waals surface area (Å²) in [7, 11) is 0. The molecule has 0 radical (unpaired) electrons. The first kappa shape index (κ1) is 17.7. The molecule has 1 N–H and O–H groups in total. The number of carbonyl (C=O) groups excluding carboxylic acids is 2. The van der Waals surface area contributed by atoms with Crippen molar-refractivity contribution in [2.24, 2.45) is 0 Å². The molecule has 4 rings (SSSR count). The highest BCUT2D eigenvalue weighted by Crippen LogP contribution is 2.39. The Hall–Kier alpha value is -3.67. The van der Waals surface area contributed by atoms with Crippen LogP contribution in [0.25, 0.3) is 0 Å². The zero-order chi connectivity index (χ0) is 19.6. The van der Waals surface area contributed by atoms with Crippen LogP contribution in [-0.2, 0) is 16.1 Å². The molecule has 6 heteroatoms. The molecule has 28 heavy (non-hydrogen) atoms. The maximum absolute atomic E-state index is 13.4. The molecule has 140 valence electrons. The fraction of sp³-hybridized carbons (Fsp3) is 0.136. The number of ether oxygens (including phenoxy) is 1. The number of anilines is 2. The third kappa shape index (κ3) is 3.20. The van der Waals surface area contributed by atoms with Gasteiger partial charge in [0, 0.05) is 6.20 Å². The molecule has 0 spiro atoms. The molecule has 1 unspecified atom stereocenters. The van der Waals surface area contributed by atoms with Gasteiger partial charge in [0.05, 0.1) is 24.1 Å². The van der Waals surface area contributed by atoms with Crippen LogP contribution in [-0.4, -0.2) is 22.4 Å². The van der Waals surface area contributed by atoms with Gasteiger partial charge in [0.2, 0.25) is 0 Å². The SMILES string of the molecule is CC1(C(=O)Nc2cccnc2)Oc2ccccc2N(Cc2ccccc2)C1=O. The summed E-state index contributed by atoms with van der Waals surface area (Å²) in [4.78, 5) is 31.9. The number of nitrogens with zero attached hydrogens (tertiary/aromatic N) is 2. The smallest absolute Gasteiger partial charge is 0.281 e. The summed E-state index contributed by atoms with van der Waals surface area (Å²) >= 11 is 0. The van der Waals surface area contributed by atoms with Crippen LogP contribution in [0.1, 0.15) is 12.5 Å². The molecular formula is C22H19N3O3. The minimum atomic E-state index is -1.70. The van der Waals surface area contributed by atoms with Crippen molar-refractivity contribution in [1.82, 2.24) is 4.98 Å². The van der Waals surface area contributed by atoms with E-state index in [0.717, 1.165) is 5.56 Å². The van der Waals surface area contributed by atoms with Gasteiger partial charge in [-0.05, 0) is 36.8 Å². The number of pyridine rings is 1. The summed E-state index contributed by atoms with van der Waals surface area (Å²) in [6.45, 7) is 1.84. The van der Waals surface area contributed by atoms with Crippen molar-refractivity contribution >= 4 is 23.2 Å². The Morgan fingerprint density at radius 1 is 1.07 bits per heavy atom. The fourth-order valence-corrected chi connectivity index (χ4v) is 3.15. The minimum absolute atomic E-state index is 0.343. The highest BCUT2D eigenvalue weighted by Gasteiger charge is 2.50. The topological polar surface area (TPSA) is 71.5 Å². The highest BCUT2D eigenvalue weighted by atomic mass is 16.5. The Labute approximate surface area is 162 Å². The number of hydrogen-bond donors (Lipinski definition) is 1. The summed E-state index contributed by atoms with van der Waals surface area (Å²) < 4.78 is 5.91. The van der Waals surface area contributed by atoms with Gasteiger partial charge >= 0.3 is 0 Å². The fourth-order valence-electron chi connectivity index (χ4n) is 3.15. The van der Waals surface area contributed by atoms with E-state index >= 15 is 0 Å². The Morgan fingerprint density at radius 3 is 2.57 bits per heavy atom. The van der Waals surface area contributed by atoms with Crippen molar-refractivity contribution in [2.75, 3.05) is 10.2 Å². The number of rotatable bonds is 4. The third-order valence-corrected chi connectivity index (χ3v) is 4.66. The van der Waals surface area contributed by atoms with E-state index < -0.39 is 17.4 Å². The van der Waals surface area contributed by atoms with Crippen molar-refractivity contribution in [3.05, 3.63) is 84.7 Å². The lowest BCUT2D eigenvalue weighted by atomic mass is 9.99. The quantitative estimate of drug-likeness (QED) is 0.712. The Balaban J connectivity index is 1.69. The van der Waals surface area contributed by atoms with Gasteiger partial charge in [0.15, 0.2) is 0 Å². The zero-order valence-electron chi connectivity index (χ0n) is 15.3. The summed E-state index contributed by atoms with van der Waals surface area (Å²) in [5.41, 5.74) is 0.406. The molecule has 0 bridgehead atoms. The predicted molar refractivity (Wildman–Crippen MR) is 106 cm³/mol. The van der Waals surface area contributed by atoms with E-state index in [0.29, 0.717) is 23.7 Å². The van der Waals surface area contributed by atoms with Gasteiger partial charge in [-0.15, -0.1) is 0 Å². The van der Waals surface area contributed by atoms with Crippen LogP contribution in [0.15, 0.2) is 79.1 Å². The first-order valence-electron chi connectivity index (χ1n) is 8.93. The number of para-hydroxylation sites is 2. The van der Waals surface area contributed by atoms with Crippen molar-refractivity contribution in [3.8, 4) is 5.75 Å².